The van der Waals surface area contributed by atoms with Crippen LogP contribution in [0, 0.1) is 11.8 Å². The molecule has 2 aliphatic rings. The SMILES string of the molecule is CNC(=O)C(NC(=O)c1oc(-c2ccc(NC(=O)OC)cc2)cc1CNC(=O)C(NC(=O)c1ccc(-c2ccc(Cl)cn2)o1)C1CCCCC1)C1CCCCC1. The molecule has 1 aromatic carbocycles. The Bertz CT molecular complexity index is 2000. The van der Waals surface area contributed by atoms with Gasteiger partial charge >= 0.3 is 6.09 Å². The monoisotopic (exact) mass is 786 g/mol. The van der Waals surface area contributed by atoms with Crippen LogP contribution in [-0.4, -0.2) is 60.9 Å². The molecule has 6 rings (SSSR count). The third-order valence-electron chi connectivity index (χ3n) is 10.5. The lowest BCUT2D eigenvalue weighted by Crippen LogP contribution is -2.51. The molecule has 0 radical (unpaired) electrons. The minimum atomic E-state index is -0.882. The van der Waals surface area contributed by atoms with Gasteiger partial charge in [-0.1, -0.05) is 50.1 Å². The summed E-state index contributed by atoms with van der Waals surface area (Å²) < 4.78 is 16.7. The molecule has 3 heterocycles. The number of nitrogens with one attached hydrogen (secondary N) is 5. The van der Waals surface area contributed by atoms with E-state index in [0.29, 0.717) is 39.1 Å². The molecule has 56 heavy (non-hydrogen) atoms. The maximum Gasteiger partial charge on any atom is 0.411 e. The molecule has 14 nitrogen and oxygen atoms in total. The Hall–Kier alpha value is -5.63. The van der Waals surface area contributed by atoms with Gasteiger partial charge in [0.1, 0.15) is 23.5 Å². The minimum Gasteiger partial charge on any atom is -0.453 e. The molecule has 5 N–H and O–H groups in total. The van der Waals surface area contributed by atoms with Crippen molar-refractivity contribution in [3.05, 3.63) is 82.9 Å². The van der Waals surface area contributed by atoms with E-state index in [1.54, 1.807) is 48.5 Å². The van der Waals surface area contributed by atoms with E-state index >= 15 is 0 Å². The molecule has 0 spiro atoms. The number of carbonyl (C=O) groups is 5. The first-order chi connectivity index (χ1) is 27.1. The quantitative estimate of drug-likeness (QED) is 0.0963. The third-order valence-corrected chi connectivity index (χ3v) is 10.7. The minimum absolute atomic E-state index is 0.0280. The molecule has 296 valence electrons. The van der Waals surface area contributed by atoms with Crippen molar-refractivity contribution < 1.29 is 37.5 Å². The van der Waals surface area contributed by atoms with Crippen LogP contribution >= 0.6 is 11.6 Å². The van der Waals surface area contributed by atoms with E-state index < -0.39 is 35.9 Å². The van der Waals surface area contributed by atoms with Crippen molar-refractivity contribution in [3.63, 3.8) is 0 Å². The number of amides is 5. The van der Waals surface area contributed by atoms with Crippen LogP contribution in [0.3, 0.4) is 0 Å². The van der Waals surface area contributed by atoms with E-state index in [9.17, 15) is 24.0 Å². The molecule has 3 aromatic heterocycles. The highest BCUT2D eigenvalue weighted by Gasteiger charge is 2.34. The topological polar surface area (TPSA) is 194 Å². The number of carbonyl (C=O) groups excluding carboxylic acids is 5. The lowest BCUT2D eigenvalue weighted by Gasteiger charge is -2.30. The van der Waals surface area contributed by atoms with Crippen LogP contribution in [0.2, 0.25) is 5.02 Å². The number of aromatic nitrogens is 1. The summed E-state index contributed by atoms with van der Waals surface area (Å²) in [5.74, 6) is -1.33. The smallest absolute Gasteiger partial charge is 0.411 e. The van der Waals surface area contributed by atoms with E-state index in [4.69, 9.17) is 20.4 Å². The average Bonchev–Trinajstić information content (AvgIpc) is 3.90. The first-order valence-corrected chi connectivity index (χ1v) is 19.4. The Morgan fingerprint density at radius 2 is 1.43 bits per heavy atom. The molecular weight excluding hydrogens is 740 g/mol. The second-order valence-electron chi connectivity index (χ2n) is 14.2. The lowest BCUT2D eigenvalue weighted by molar-refractivity contribution is -0.125. The summed E-state index contributed by atoms with van der Waals surface area (Å²) in [7, 11) is 2.81. The second-order valence-corrected chi connectivity index (χ2v) is 14.7. The predicted molar refractivity (Wildman–Crippen MR) is 209 cm³/mol. The molecule has 2 fully saturated rings. The van der Waals surface area contributed by atoms with Crippen molar-refractivity contribution in [1.29, 1.82) is 0 Å². The van der Waals surface area contributed by atoms with Crippen molar-refractivity contribution in [2.45, 2.75) is 82.8 Å². The van der Waals surface area contributed by atoms with Gasteiger partial charge in [-0.25, -0.2) is 4.79 Å². The van der Waals surface area contributed by atoms with E-state index in [2.05, 4.69) is 36.3 Å². The average molecular weight is 787 g/mol. The summed E-state index contributed by atoms with van der Waals surface area (Å²) in [4.78, 5) is 70.6. The molecule has 4 aromatic rings. The highest BCUT2D eigenvalue weighted by molar-refractivity contribution is 6.30. The van der Waals surface area contributed by atoms with E-state index in [0.717, 1.165) is 64.2 Å². The molecule has 2 unspecified atom stereocenters. The number of ether oxygens (including phenoxy) is 1. The van der Waals surface area contributed by atoms with Crippen LogP contribution in [0.5, 0.6) is 0 Å². The number of anilines is 1. The Labute approximate surface area is 329 Å². The summed E-state index contributed by atoms with van der Waals surface area (Å²) >= 11 is 5.97. The summed E-state index contributed by atoms with van der Waals surface area (Å²) in [6.07, 6.45) is 9.89. The second kappa shape index (κ2) is 18.8. The molecule has 2 saturated carbocycles. The number of methoxy groups -OCH3 is 1. The van der Waals surface area contributed by atoms with Crippen LogP contribution in [0.15, 0.2) is 69.6 Å². The zero-order valence-corrected chi connectivity index (χ0v) is 32.2. The zero-order valence-electron chi connectivity index (χ0n) is 31.5. The third kappa shape index (κ3) is 9.96. The van der Waals surface area contributed by atoms with Gasteiger partial charge in [0.2, 0.25) is 11.8 Å². The maximum absolute atomic E-state index is 14.1. The molecule has 15 heteroatoms. The van der Waals surface area contributed by atoms with Crippen LogP contribution in [-0.2, 0) is 20.9 Å². The standard InChI is InChI=1S/C41H47ClN6O8/c1-43-38(50)34(25-9-5-3-6-10-25)48-40(52)36-27(21-33(56-36)24-13-16-29(17-14-24)46-41(53)54-2)22-45-39(51)35(26-11-7-4-8-12-26)47-37(49)32-20-19-31(55-32)30-18-15-28(42)23-44-30/h13-21,23,25-26,34-35H,3-12,22H2,1-2H3,(H,43,50)(H,45,51)(H,46,53)(H,47,49)(H,48,52). The molecular formula is C41H47ClN6O8. The number of nitrogens with zero attached hydrogens (tertiary/aromatic N) is 1. The van der Waals surface area contributed by atoms with Gasteiger partial charge in [-0.3, -0.25) is 29.5 Å². The summed E-state index contributed by atoms with van der Waals surface area (Å²) in [5.41, 5.74) is 1.97. The molecule has 2 aliphatic carbocycles. The van der Waals surface area contributed by atoms with Crippen molar-refractivity contribution in [2.24, 2.45) is 11.8 Å². The number of benzene rings is 1. The molecule has 0 bridgehead atoms. The summed E-state index contributed by atoms with van der Waals surface area (Å²) in [5, 5.41) is 14.5. The van der Waals surface area contributed by atoms with Crippen molar-refractivity contribution in [1.82, 2.24) is 26.3 Å². The van der Waals surface area contributed by atoms with Crippen LogP contribution in [0.4, 0.5) is 10.5 Å². The Morgan fingerprint density at radius 1 is 0.786 bits per heavy atom. The highest BCUT2D eigenvalue weighted by Crippen LogP contribution is 2.31. The zero-order chi connectivity index (χ0) is 39.6. The van der Waals surface area contributed by atoms with E-state index in [1.807, 2.05) is 0 Å². The number of hydrogen-bond acceptors (Lipinski definition) is 9. The van der Waals surface area contributed by atoms with Gasteiger partial charge in [-0.05, 0) is 92.1 Å². The Kier molecular flexibility index (Phi) is 13.4. The lowest BCUT2D eigenvalue weighted by atomic mass is 9.83. The number of likely N-dealkylation sites (N-methyl/N-ethyl adjacent to an activating group) is 1. The molecule has 0 aliphatic heterocycles. The number of hydrogen-bond donors (Lipinski definition) is 5. The van der Waals surface area contributed by atoms with E-state index in [1.165, 1.54) is 26.4 Å². The van der Waals surface area contributed by atoms with Crippen LogP contribution < -0.4 is 26.6 Å². The fourth-order valence-corrected chi connectivity index (χ4v) is 7.61. The van der Waals surface area contributed by atoms with Crippen molar-refractivity contribution >= 4 is 47.0 Å². The normalized spacial score (nSPS) is 15.9. The number of rotatable bonds is 13. The number of pyridine rings is 1. The Morgan fingerprint density at radius 3 is 2.04 bits per heavy atom. The predicted octanol–water partition coefficient (Wildman–Crippen LogP) is 6.85. The highest BCUT2D eigenvalue weighted by atomic mass is 35.5. The summed E-state index contributed by atoms with van der Waals surface area (Å²) in [6, 6.07) is 13.3. The van der Waals surface area contributed by atoms with Gasteiger partial charge in [-0.15, -0.1) is 0 Å². The Balaban J connectivity index is 1.23. The van der Waals surface area contributed by atoms with Gasteiger partial charge in [-0.2, -0.15) is 0 Å². The number of furan rings is 2. The largest absolute Gasteiger partial charge is 0.453 e. The van der Waals surface area contributed by atoms with Gasteiger partial charge < -0.3 is 34.8 Å². The first-order valence-electron chi connectivity index (χ1n) is 19.0. The van der Waals surface area contributed by atoms with Gasteiger partial charge in [0.15, 0.2) is 17.3 Å². The van der Waals surface area contributed by atoms with Gasteiger partial charge in [0, 0.05) is 36.6 Å². The molecule has 5 amide bonds. The van der Waals surface area contributed by atoms with Crippen molar-refractivity contribution in [3.8, 4) is 22.8 Å². The number of halogens is 1. The molecule has 0 saturated heterocycles. The van der Waals surface area contributed by atoms with Gasteiger partial charge in [0.05, 0.1) is 12.1 Å². The first kappa shape index (κ1) is 40.0. The van der Waals surface area contributed by atoms with Gasteiger partial charge in [0.25, 0.3) is 11.8 Å². The molecule has 2 atom stereocenters. The van der Waals surface area contributed by atoms with Crippen LogP contribution in [0.25, 0.3) is 22.8 Å². The fourth-order valence-electron chi connectivity index (χ4n) is 7.50. The van der Waals surface area contributed by atoms with Crippen molar-refractivity contribution in [2.75, 3.05) is 19.5 Å². The summed E-state index contributed by atoms with van der Waals surface area (Å²) in [6.45, 7) is -0.104. The van der Waals surface area contributed by atoms with E-state index in [-0.39, 0.29) is 35.8 Å². The fraction of sp³-hybridized carbons (Fsp3) is 0.415. The maximum atomic E-state index is 14.1. The van der Waals surface area contributed by atoms with Crippen LogP contribution in [0.1, 0.15) is 90.9 Å².